The number of thiocarbonyl (C=S) groups is 1. The second-order valence-electron chi connectivity index (χ2n) is 5.55. The topological polar surface area (TPSA) is 33.7 Å². The van der Waals surface area contributed by atoms with Crippen molar-refractivity contribution in [2.75, 3.05) is 24.4 Å². The standard InChI is InChI=1S/C18H20N2O2S/c1-12-10-13-6-4-5-7-15(13)20(12)18(23)19-14-8-9-16(21-2)17(11-14)22-3/h4-9,11-12H,10H2,1-3H3,(H,19,23)/t12-/m0/s1. The fraction of sp³-hybridized carbons (Fsp3) is 0.278. The number of hydrogen-bond donors (Lipinski definition) is 1. The normalized spacial score (nSPS) is 16.0. The first kappa shape index (κ1) is 15.6. The molecule has 23 heavy (non-hydrogen) atoms. The van der Waals surface area contributed by atoms with Gasteiger partial charge in [-0.2, -0.15) is 0 Å². The average molecular weight is 328 g/mol. The van der Waals surface area contributed by atoms with E-state index in [1.807, 2.05) is 24.3 Å². The molecule has 1 N–H and O–H groups in total. The molecule has 0 aliphatic carbocycles. The summed E-state index contributed by atoms with van der Waals surface area (Å²) in [6, 6.07) is 14.4. The minimum atomic E-state index is 0.340. The van der Waals surface area contributed by atoms with Crippen LogP contribution in [0, 0.1) is 0 Å². The maximum absolute atomic E-state index is 5.63. The maximum Gasteiger partial charge on any atom is 0.178 e. The number of para-hydroxylation sites is 1. The van der Waals surface area contributed by atoms with Gasteiger partial charge in [0.05, 0.1) is 14.2 Å². The van der Waals surface area contributed by atoms with Crippen LogP contribution in [-0.2, 0) is 6.42 Å². The van der Waals surface area contributed by atoms with Gasteiger partial charge < -0.3 is 19.7 Å². The first-order valence-electron chi connectivity index (χ1n) is 7.54. The van der Waals surface area contributed by atoms with Gasteiger partial charge in [-0.1, -0.05) is 18.2 Å². The zero-order chi connectivity index (χ0) is 16.4. The second-order valence-corrected chi connectivity index (χ2v) is 5.94. The summed E-state index contributed by atoms with van der Waals surface area (Å²) in [4.78, 5) is 2.17. The largest absolute Gasteiger partial charge is 0.493 e. The van der Waals surface area contributed by atoms with Crippen molar-refractivity contribution >= 4 is 28.7 Å². The SMILES string of the molecule is COc1ccc(NC(=S)N2c3ccccc3C[C@@H]2C)cc1OC. The Kier molecular flexibility index (Phi) is 4.39. The van der Waals surface area contributed by atoms with Gasteiger partial charge >= 0.3 is 0 Å². The van der Waals surface area contributed by atoms with E-state index in [1.54, 1.807) is 14.2 Å². The molecule has 0 fully saturated rings. The molecule has 0 spiro atoms. The summed E-state index contributed by atoms with van der Waals surface area (Å²) >= 11 is 5.63. The first-order chi connectivity index (χ1) is 11.1. The molecule has 3 rings (SSSR count). The van der Waals surface area contributed by atoms with Gasteiger partial charge in [-0.3, -0.25) is 0 Å². The number of anilines is 2. The van der Waals surface area contributed by atoms with Gasteiger partial charge in [0, 0.05) is 23.5 Å². The van der Waals surface area contributed by atoms with Gasteiger partial charge in [0.15, 0.2) is 16.6 Å². The van der Waals surface area contributed by atoms with Crippen LogP contribution in [0.15, 0.2) is 42.5 Å². The number of hydrogen-bond acceptors (Lipinski definition) is 3. The highest BCUT2D eigenvalue weighted by atomic mass is 32.1. The molecule has 1 aliphatic rings. The quantitative estimate of drug-likeness (QED) is 0.866. The summed E-state index contributed by atoms with van der Waals surface area (Å²) in [5.41, 5.74) is 3.39. The molecule has 2 aromatic carbocycles. The molecule has 1 heterocycles. The van der Waals surface area contributed by atoms with Gasteiger partial charge in [0.2, 0.25) is 0 Å². The number of methoxy groups -OCH3 is 2. The van der Waals surface area contributed by atoms with Crippen LogP contribution in [0.5, 0.6) is 11.5 Å². The van der Waals surface area contributed by atoms with Crippen molar-refractivity contribution in [3.8, 4) is 11.5 Å². The molecular weight excluding hydrogens is 308 g/mol. The zero-order valence-corrected chi connectivity index (χ0v) is 14.3. The summed E-state index contributed by atoms with van der Waals surface area (Å²) in [6.07, 6.45) is 1.00. The Morgan fingerprint density at radius 2 is 1.87 bits per heavy atom. The molecule has 0 aromatic heterocycles. The Bertz CT molecular complexity index is 733. The summed E-state index contributed by atoms with van der Waals surface area (Å²) < 4.78 is 10.6. The zero-order valence-electron chi connectivity index (χ0n) is 13.5. The number of benzene rings is 2. The first-order valence-corrected chi connectivity index (χ1v) is 7.95. The van der Waals surface area contributed by atoms with E-state index in [1.165, 1.54) is 11.3 Å². The Labute approximate surface area is 142 Å². The molecule has 4 nitrogen and oxygen atoms in total. The molecular formula is C18H20N2O2S. The molecule has 5 heteroatoms. The predicted molar refractivity (Wildman–Crippen MR) is 97.9 cm³/mol. The van der Waals surface area contributed by atoms with Gasteiger partial charge in [-0.25, -0.2) is 0 Å². The molecule has 0 unspecified atom stereocenters. The lowest BCUT2D eigenvalue weighted by molar-refractivity contribution is 0.355. The lowest BCUT2D eigenvalue weighted by atomic mass is 10.1. The minimum absolute atomic E-state index is 0.340. The van der Waals surface area contributed by atoms with Gasteiger partial charge in [-0.15, -0.1) is 0 Å². The molecule has 0 bridgehead atoms. The third-order valence-electron chi connectivity index (χ3n) is 4.06. The Morgan fingerprint density at radius 1 is 1.13 bits per heavy atom. The second kappa shape index (κ2) is 6.46. The van der Waals surface area contributed by atoms with Crippen molar-refractivity contribution in [1.82, 2.24) is 0 Å². The fourth-order valence-corrected chi connectivity index (χ4v) is 3.37. The van der Waals surface area contributed by atoms with Crippen molar-refractivity contribution in [3.63, 3.8) is 0 Å². The summed E-state index contributed by atoms with van der Waals surface area (Å²) in [6.45, 7) is 2.18. The molecule has 1 aliphatic heterocycles. The van der Waals surface area contributed by atoms with Crippen LogP contribution < -0.4 is 19.7 Å². The highest BCUT2D eigenvalue weighted by Gasteiger charge is 2.28. The van der Waals surface area contributed by atoms with Crippen LogP contribution in [0.2, 0.25) is 0 Å². The monoisotopic (exact) mass is 328 g/mol. The van der Waals surface area contributed by atoms with E-state index in [2.05, 4.69) is 35.3 Å². The third-order valence-corrected chi connectivity index (χ3v) is 4.36. The van der Waals surface area contributed by atoms with Crippen LogP contribution in [-0.4, -0.2) is 25.4 Å². The molecule has 0 saturated carbocycles. The van der Waals surface area contributed by atoms with Crippen molar-refractivity contribution in [2.24, 2.45) is 0 Å². The van der Waals surface area contributed by atoms with Gasteiger partial charge in [0.25, 0.3) is 0 Å². The summed E-state index contributed by atoms with van der Waals surface area (Å²) in [5, 5.41) is 3.99. The summed E-state index contributed by atoms with van der Waals surface area (Å²) in [5.74, 6) is 1.37. The number of ether oxygens (including phenoxy) is 2. The average Bonchev–Trinajstić information content (AvgIpc) is 2.90. The lowest BCUT2D eigenvalue weighted by Gasteiger charge is -2.26. The number of nitrogens with one attached hydrogen (secondary N) is 1. The van der Waals surface area contributed by atoms with Crippen LogP contribution >= 0.6 is 12.2 Å². The van der Waals surface area contributed by atoms with Crippen LogP contribution in [0.4, 0.5) is 11.4 Å². The smallest absolute Gasteiger partial charge is 0.178 e. The van der Waals surface area contributed by atoms with E-state index >= 15 is 0 Å². The predicted octanol–water partition coefficient (Wildman–Crippen LogP) is 3.85. The molecule has 1 atom stereocenters. The van der Waals surface area contributed by atoms with Crippen molar-refractivity contribution < 1.29 is 9.47 Å². The van der Waals surface area contributed by atoms with Gasteiger partial charge in [0.1, 0.15) is 0 Å². The lowest BCUT2D eigenvalue weighted by Crippen LogP contribution is -2.38. The number of nitrogens with zero attached hydrogens (tertiary/aromatic N) is 1. The van der Waals surface area contributed by atoms with E-state index in [4.69, 9.17) is 21.7 Å². The van der Waals surface area contributed by atoms with E-state index < -0.39 is 0 Å². The van der Waals surface area contributed by atoms with E-state index in [0.717, 1.165) is 12.1 Å². The van der Waals surface area contributed by atoms with Crippen LogP contribution in [0.1, 0.15) is 12.5 Å². The Balaban J connectivity index is 1.82. The van der Waals surface area contributed by atoms with Crippen LogP contribution in [0.25, 0.3) is 0 Å². The molecule has 0 amide bonds. The van der Waals surface area contributed by atoms with Gasteiger partial charge in [-0.05, 0) is 49.3 Å². The number of fused-ring (bicyclic) bond motifs is 1. The third kappa shape index (κ3) is 2.97. The number of rotatable bonds is 3. The highest BCUT2D eigenvalue weighted by Crippen LogP contribution is 2.33. The fourth-order valence-electron chi connectivity index (χ4n) is 2.97. The van der Waals surface area contributed by atoms with Crippen LogP contribution in [0.3, 0.4) is 0 Å². The van der Waals surface area contributed by atoms with E-state index in [-0.39, 0.29) is 0 Å². The van der Waals surface area contributed by atoms with E-state index in [0.29, 0.717) is 22.7 Å². The van der Waals surface area contributed by atoms with E-state index in [9.17, 15) is 0 Å². The molecule has 120 valence electrons. The molecule has 2 aromatic rings. The van der Waals surface area contributed by atoms with Crippen molar-refractivity contribution in [1.29, 1.82) is 0 Å². The van der Waals surface area contributed by atoms with Crippen molar-refractivity contribution in [3.05, 3.63) is 48.0 Å². The summed E-state index contributed by atoms with van der Waals surface area (Å²) in [7, 11) is 3.25. The Morgan fingerprint density at radius 3 is 2.61 bits per heavy atom. The highest BCUT2D eigenvalue weighted by molar-refractivity contribution is 7.80. The van der Waals surface area contributed by atoms with Crippen molar-refractivity contribution in [2.45, 2.75) is 19.4 Å². The minimum Gasteiger partial charge on any atom is -0.493 e. The Hall–Kier alpha value is -2.27. The molecule has 0 radical (unpaired) electrons. The molecule has 0 saturated heterocycles. The maximum atomic E-state index is 5.63.